The lowest BCUT2D eigenvalue weighted by molar-refractivity contribution is 0.0700. The van der Waals surface area contributed by atoms with E-state index in [0.29, 0.717) is 23.3 Å². The molecule has 0 spiro atoms. The van der Waals surface area contributed by atoms with E-state index < -0.39 is 0 Å². The van der Waals surface area contributed by atoms with Crippen LogP contribution in [-0.2, 0) is 6.61 Å². The number of rotatable bonds is 5. The first-order valence-corrected chi connectivity index (χ1v) is 11.3. The van der Waals surface area contributed by atoms with E-state index in [1.54, 1.807) is 5.01 Å². The number of hydrogen-bond acceptors (Lipinski definition) is 4. The average Bonchev–Trinajstić information content (AvgIpc) is 2.74. The van der Waals surface area contributed by atoms with Crippen LogP contribution in [0.1, 0.15) is 25.3 Å². The molecule has 0 aliphatic carbocycles. The number of carbonyl (C=O) groups excluding carboxylic acids is 1. The van der Waals surface area contributed by atoms with Crippen molar-refractivity contribution < 1.29 is 9.53 Å². The van der Waals surface area contributed by atoms with Crippen LogP contribution >= 0.6 is 35.6 Å². The Hall–Kier alpha value is -1.96. The van der Waals surface area contributed by atoms with Gasteiger partial charge in [0.1, 0.15) is 12.4 Å². The van der Waals surface area contributed by atoms with Crippen molar-refractivity contribution in [1.82, 2.24) is 10.0 Å². The summed E-state index contributed by atoms with van der Waals surface area (Å²) in [6, 6.07) is 15.2. The van der Waals surface area contributed by atoms with Gasteiger partial charge in [-0.25, -0.2) is 5.01 Å². The lowest BCUT2D eigenvalue weighted by atomic mass is 10.2. The molecule has 1 N–H and O–H groups in total. The molecule has 1 amide bonds. The first-order valence-electron chi connectivity index (χ1n) is 9.57. The summed E-state index contributed by atoms with van der Waals surface area (Å²) in [4.78, 5) is 12.4. The van der Waals surface area contributed by atoms with Crippen LogP contribution in [0.5, 0.6) is 5.75 Å². The zero-order chi connectivity index (χ0) is 20.6. The molecule has 154 valence electrons. The molecular weight excluding hydrogens is 426 g/mol. The molecule has 8 heteroatoms. The van der Waals surface area contributed by atoms with Gasteiger partial charge in [-0.2, -0.15) is 0 Å². The Labute approximate surface area is 186 Å². The summed E-state index contributed by atoms with van der Waals surface area (Å²) in [7, 11) is 0. The van der Waals surface area contributed by atoms with Crippen molar-refractivity contribution in [3.8, 4) is 5.75 Å². The largest absolute Gasteiger partial charge is 0.489 e. The molecule has 0 radical (unpaired) electrons. The van der Waals surface area contributed by atoms with Gasteiger partial charge in [0.25, 0.3) is 5.24 Å². The fraction of sp³-hybridized carbons (Fsp3) is 0.333. The van der Waals surface area contributed by atoms with E-state index in [-0.39, 0.29) is 5.24 Å². The maximum atomic E-state index is 12.4. The maximum Gasteiger partial charge on any atom is 0.300 e. The van der Waals surface area contributed by atoms with Crippen LogP contribution in [0.2, 0.25) is 5.02 Å². The molecule has 1 aliphatic heterocycles. The number of halogens is 1. The predicted molar refractivity (Wildman–Crippen MR) is 125 cm³/mol. The molecule has 0 atom stereocenters. The second-order valence-electron chi connectivity index (χ2n) is 6.52. The molecule has 2 aromatic carbocycles. The monoisotopic (exact) mass is 449 g/mol. The van der Waals surface area contributed by atoms with Gasteiger partial charge in [-0.3, -0.25) is 9.80 Å². The quantitative estimate of drug-likeness (QED) is 0.582. The Balaban J connectivity index is 1.56. The summed E-state index contributed by atoms with van der Waals surface area (Å²) < 4.78 is 5.81. The van der Waals surface area contributed by atoms with Gasteiger partial charge in [-0.05, 0) is 72.8 Å². The molecule has 1 heterocycles. The minimum absolute atomic E-state index is 0.0438. The van der Waals surface area contributed by atoms with E-state index in [0.717, 1.165) is 42.1 Å². The molecule has 0 aromatic heterocycles. The molecule has 1 fully saturated rings. The van der Waals surface area contributed by atoms with Gasteiger partial charge in [0.2, 0.25) is 0 Å². The highest BCUT2D eigenvalue weighted by molar-refractivity contribution is 8.13. The highest BCUT2D eigenvalue weighted by Gasteiger charge is 2.26. The number of hydrazine groups is 1. The first kappa shape index (κ1) is 21.7. The SMILES string of the molecule is CCSC(=O)N1CCCCN1C(=S)Nc1ccc(OCc2ccc(Cl)cc2)cc1. The average molecular weight is 450 g/mol. The Kier molecular flexibility index (Phi) is 8.03. The van der Waals surface area contributed by atoms with E-state index in [1.807, 2.05) is 60.5 Å². The number of amides is 1. The van der Waals surface area contributed by atoms with Crippen molar-refractivity contribution in [1.29, 1.82) is 0 Å². The summed E-state index contributed by atoms with van der Waals surface area (Å²) >= 11 is 12.8. The lowest BCUT2D eigenvalue weighted by Crippen LogP contribution is -2.53. The highest BCUT2D eigenvalue weighted by Crippen LogP contribution is 2.21. The minimum Gasteiger partial charge on any atom is -0.489 e. The van der Waals surface area contributed by atoms with Gasteiger partial charge >= 0.3 is 0 Å². The Morgan fingerprint density at radius 3 is 2.41 bits per heavy atom. The number of carbonyl (C=O) groups is 1. The van der Waals surface area contributed by atoms with Crippen molar-refractivity contribution >= 4 is 51.6 Å². The fourth-order valence-electron chi connectivity index (χ4n) is 2.93. The number of anilines is 1. The summed E-state index contributed by atoms with van der Waals surface area (Å²) in [6.45, 7) is 3.89. The van der Waals surface area contributed by atoms with Gasteiger partial charge < -0.3 is 10.1 Å². The van der Waals surface area contributed by atoms with Crippen LogP contribution < -0.4 is 10.1 Å². The molecule has 0 saturated carbocycles. The number of thioether (sulfide) groups is 1. The summed E-state index contributed by atoms with van der Waals surface area (Å²) in [5.74, 6) is 1.52. The number of nitrogens with one attached hydrogen (secondary N) is 1. The summed E-state index contributed by atoms with van der Waals surface area (Å²) in [5, 5.41) is 8.13. The molecule has 1 aliphatic rings. The van der Waals surface area contributed by atoms with Crippen LogP contribution in [0.4, 0.5) is 10.5 Å². The molecule has 29 heavy (non-hydrogen) atoms. The molecule has 0 bridgehead atoms. The van der Waals surface area contributed by atoms with Crippen molar-refractivity contribution in [3.05, 3.63) is 59.1 Å². The van der Waals surface area contributed by atoms with Gasteiger partial charge in [-0.1, -0.05) is 42.4 Å². The van der Waals surface area contributed by atoms with E-state index in [4.69, 9.17) is 28.6 Å². The molecule has 5 nitrogen and oxygen atoms in total. The summed E-state index contributed by atoms with van der Waals surface area (Å²) in [5.41, 5.74) is 1.91. The number of benzene rings is 2. The molecular formula is C21H24ClN3O2S2. The van der Waals surface area contributed by atoms with E-state index in [2.05, 4.69) is 5.32 Å². The van der Waals surface area contributed by atoms with Gasteiger partial charge in [0.15, 0.2) is 5.11 Å². The van der Waals surface area contributed by atoms with Gasteiger partial charge in [0.05, 0.1) is 0 Å². The van der Waals surface area contributed by atoms with E-state index in [9.17, 15) is 4.79 Å². The summed E-state index contributed by atoms with van der Waals surface area (Å²) in [6.07, 6.45) is 2.01. The predicted octanol–water partition coefficient (Wildman–Crippen LogP) is 5.80. The highest BCUT2D eigenvalue weighted by atomic mass is 35.5. The maximum absolute atomic E-state index is 12.4. The van der Waals surface area contributed by atoms with Crippen LogP contribution in [0, 0.1) is 0 Å². The molecule has 0 unspecified atom stereocenters. The molecule has 2 aromatic rings. The fourth-order valence-corrected chi connectivity index (χ4v) is 3.95. The van der Waals surface area contributed by atoms with E-state index in [1.165, 1.54) is 11.8 Å². The van der Waals surface area contributed by atoms with Gasteiger partial charge in [-0.15, -0.1) is 0 Å². The number of thiocarbonyl (C=S) groups is 1. The Morgan fingerprint density at radius 2 is 1.76 bits per heavy atom. The third-order valence-corrected chi connectivity index (χ3v) is 5.73. The van der Waals surface area contributed by atoms with Crippen molar-refractivity contribution in [3.63, 3.8) is 0 Å². The topological polar surface area (TPSA) is 44.8 Å². The van der Waals surface area contributed by atoms with Crippen LogP contribution in [0.25, 0.3) is 0 Å². The van der Waals surface area contributed by atoms with Gasteiger partial charge in [0, 0.05) is 23.8 Å². The normalized spacial score (nSPS) is 13.9. The second-order valence-corrected chi connectivity index (χ2v) is 8.56. The number of ether oxygens (including phenoxy) is 1. The third kappa shape index (κ3) is 6.26. The Bertz CT molecular complexity index is 831. The minimum atomic E-state index is 0.0438. The zero-order valence-electron chi connectivity index (χ0n) is 16.3. The number of nitrogens with zero attached hydrogens (tertiary/aromatic N) is 2. The van der Waals surface area contributed by atoms with Crippen LogP contribution in [0.15, 0.2) is 48.5 Å². The first-order chi connectivity index (χ1) is 14.1. The van der Waals surface area contributed by atoms with Crippen molar-refractivity contribution in [2.75, 3.05) is 24.2 Å². The second kappa shape index (κ2) is 10.7. The Morgan fingerprint density at radius 1 is 1.10 bits per heavy atom. The van der Waals surface area contributed by atoms with Crippen molar-refractivity contribution in [2.45, 2.75) is 26.4 Å². The third-order valence-electron chi connectivity index (χ3n) is 4.42. The van der Waals surface area contributed by atoms with Crippen molar-refractivity contribution in [2.24, 2.45) is 0 Å². The van der Waals surface area contributed by atoms with Crippen LogP contribution in [-0.4, -0.2) is 39.2 Å². The van der Waals surface area contributed by atoms with E-state index >= 15 is 0 Å². The standard InChI is InChI=1S/C21H24ClN3O2S2/c1-2-29-21(26)25-14-4-3-13-24(25)20(28)23-18-9-11-19(12-10-18)27-15-16-5-7-17(22)8-6-16/h5-12H,2-4,13-15H2,1H3,(H,23,28). The smallest absolute Gasteiger partial charge is 0.300 e. The zero-order valence-corrected chi connectivity index (χ0v) is 18.7. The molecule has 1 saturated heterocycles. The van der Waals surface area contributed by atoms with Crippen LogP contribution in [0.3, 0.4) is 0 Å². The number of hydrogen-bond donors (Lipinski definition) is 1. The lowest BCUT2D eigenvalue weighted by Gasteiger charge is -2.39. The molecule has 3 rings (SSSR count).